The van der Waals surface area contributed by atoms with Crippen LogP contribution in [0, 0.1) is 0 Å². The number of benzene rings is 1. The van der Waals surface area contributed by atoms with Crippen molar-refractivity contribution in [3.63, 3.8) is 0 Å². The van der Waals surface area contributed by atoms with E-state index >= 15 is 0 Å². The number of nitrogens with one attached hydrogen (secondary N) is 1. The van der Waals surface area contributed by atoms with Crippen molar-refractivity contribution in [1.29, 1.82) is 0 Å². The van der Waals surface area contributed by atoms with Gasteiger partial charge in [-0.05, 0) is 42.9 Å². The first-order valence-corrected chi connectivity index (χ1v) is 13.0. The number of fused-ring (bicyclic) bond motifs is 1. The van der Waals surface area contributed by atoms with E-state index in [4.69, 9.17) is 16.3 Å². The lowest BCUT2D eigenvalue weighted by molar-refractivity contribution is -0.133. The number of anilines is 1. The highest BCUT2D eigenvalue weighted by Crippen LogP contribution is 2.44. The van der Waals surface area contributed by atoms with E-state index in [0.29, 0.717) is 55.9 Å². The quantitative estimate of drug-likeness (QED) is 0.648. The monoisotopic (exact) mass is 501 g/mol. The van der Waals surface area contributed by atoms with E-state index in [1.54, 1.807) is 0 Å². The fraction of sp³-hybridized carbons (Fsp3) is 0.577. The molecular weight excluding hydrogens is 469 g/mol. The van der Waals surface area contributed by atoms with Crippen molar-refractivity contribution in [1.82, 2.24) is 20.2 Å². The highest BCUT2D eigenvalue weighted by atomic mass is 35.5. The van der Waals surface area contributed by atoms with Crippen molar-refractivity contribution >= 4 is 23.3 Å². The van der Waals surface area contributed by atoms with Gasteiger partial charge in [0.2, 0.25) is 5.91 Å². The second kappa shape index (κ2) is 10.8. The molecule has 2 aromatic rings. The van der Waals surface area contributed by atoms with Crippen LogP contribution in [-0.4, -0.2) is 72.8 Å². The van der Waals surface area contributed by atoms with Crippen LogP contribution in [0.3, 0.4) is 0 Å². The summed E-state index contributed by atoms with van der Waals surface area (Å²) < 4.78 is 19.9. The number of halogens is 2. The van der Waals surface area contributed by atoms with Gasteiger partial charge in [0.1, 0.15) is 18.3 Å². The number of aromatic nitrogens is 2. The summed E-state index contributed by atoms with van der Waals surface area (Å²) in [6.45, 7) is 6.67. The highest BCUT2D eigenvalue weighted by molar-refractivity contribution is 6.30. The summed E-state index contributed by atoms with van der Waals surface area (Å²) in [7, 11) is 0. The van der Waals surface area contributed by atoms with Crippen molar-refractivity contribution in [2.75, 3.05) is 50.8 Å². The molecule has 3 heterocycles. The van der Waals surface area contributed by atoms with Gasteiger partial charge in [-0.2, -0.15) is 0 Å². The third-order valence-corrected chi connectivity index (χ3v) is 7.79. The predicted octanol–water partition coefficient (Wildman–Crippen LogP) is 3.85. The number of amides is 1. The Kier molecular flexibility index (Phi) is 7.51. The minimum atomic E-state index is -1.02. The number of rotatable bonds is 6. The van der Waals surface area contributed by atoms with Crippen LogP contribution in [0.2, 0.25) is 5.02 Å². The van der Waals surface area contributed by atoms with E-state index in [0.717, 1.165) is 43.0 Å². The van der Waals surface area contributed by atoms with Crippen LogP contribution in [0.15, 0.2) is 30.6 Å². The number of nitrogens with zero attached hydrogens (tertiary/aromatic N) is 4. The Bertz CT molecular complexity index is 1020. The summed E-state index contributed by atoms with van der Waals surface area (Å²) >= 11 is 6.11. The summed E-state index contributed by atoms with van der Waals surface area (Å²) in [5, 5.41) is 4.26. The molecule has 1 amide bonds. The maximum atomic E-state index is 14.4. The first-order chi connectivity index (χ1) is 17.0. The number of carbonyl (C=O) groups excluding carboxylic acids is 1. The second-order valence-corrected chi connectivity index (χ2v) is 10.2. The van der Waals surface area contributed by atoms with Crippen LogP contribution >= 0.6 is 11.6 Å². The first kappa shape index (κ1) is 24.4. The molecule has 3 aliphatic rings. The van der Waals surface area contributed by atoms with Crippen LogP contribution in [0.25, 0.3) is 0 Å². The van der Waals surface area contributed by atoms with Crippen LogP contribution in [0.4, 0.5) is 10.2 Å². The Balaban J connectivity index is 1.27. The zero-order chi connectivity index (χ0) is 24.4. The number of carbonyl (C=O) groups is 1. The zero-order valence-corrected chi connectivity index (χ0v) is 20.9. The molecule has 35 heavy (non-hydrogen) atoms. The van der Waals surface area contributed by atoms with E-state index in [-0.39, 0.29) is 17.7 Å². The molecule has 0 radical (unpaired) electrons. The van der Waals surface area contributed by atoms with Crippen molar-refractivity contribution < 1.29 is 13.9 Å². The van der Waals surface area contributed by atoms with Crippen molar-refractivity contribution in [2.24, 2.45) is 0 Å². The average Bonchev–Trinajstić information content (AvgIpc) is 3.19. The number of ether oxygens (including phenoxy) is 1. The van der Waals surface area contributed by atoms with E-state index in [2.05, 4.69) is 20.2 Å². The maximum Gasteiger partial charge on any atom is 0.231 e. The molecular formula is C26H33ClFN5O2. The van der Waals surface area contributed by atoms with Gasteiger partial charge in [-0.25, -0.2) is 14.4 Å². The highest BCUT2D eigenvalue weighted by Gasteiger charge is 2.36. The molecule has 3 atom stereocenters. The summed E-state index contributed by atoms with van der Waals surface area (Å²) in [5.74, 6) is 0.764. The lowest BCUT2D eigenvalue weighted by Gasteiger charge is -2.38. The van der Waals surface area contributed by atoms with Gasteiger partial charge in [0.05, 0.1) is 11.6 Å². The first-order valence-electron chi connectivity index (χ1n) is 12.6. The minimum absolute atomic E-state index is 0.0985. The second-order valence-electron chi connectivity index (χ2n) is 9.81. The van der Waals surface area contributed by atoms with Gasteiger partial charge in [0, 0.05) is 62.6 Å². The van der Waals surface area contributed by atoms with Gasteiger partial charge in [-0.15, -0.1) is 0 Å². The van der Waals surface area contributed by atoms with Gasteiger partial charge in [-0.3, -0.25) is 4.79 Å². The van der Waals surface area contributed by atoms with E-state index < -0.39 is 6.17 Å². The summed E-state index contributed by atoms with van der Waals surface area (Å²) in [4.78, 5) is 26.6. The lowest BCUT2D eigenvalue weighted by Crippen LogP contribution is -2.51. The Morgan fingerprint density at radius 1 is 1.17 bits per heavy atom. The third-order valence-electron chi connectivity index (χ3n) is 7.54. The molecule has 2 fully saturated rings. The van der Waals surface area contributed by atoms with Crippen molar-refractivity contribution in [2.45, 2.75) is 50.2 Å². The van der Waals surface area contributed by atoms with Crippen molar-refractivity contribution in [3.05, 3.63) is 52.4 Å². The molecule has 1 unspecified atom stereocenters. The smallest absolute Gasteiger partial charge is 0.231 e. The predicted molar refractivity (Wildman–Crippen MR) is 134 cm³/mol. The molecule has 0 bridgehead atoms. The van der Waals surface area contributed by atoms with Gasteiger partial charge in [0.25, 0.3) is 0 Å². The van der Waals surface area contributed by atoms with Crippen LogP contribution < -0.4 is 10.2 Å². The average molecular weight is 502 g/mol. The molecule has 2 aliphatic heterocycles. The van der Waals surface area contributed by atoms with Crippen LogP contribution in [0.5, 0.6) is 0 Å². The van der Waals surface area contributed by atoms with E-state index in [9.17, 15) is 9.18 Å². The number of piperazine rings is 1. The SMILES string of the molecule is C[C@@H]1C[C@@H](F)c2ncnc(N3CCN(C(=O)C(CNC4CCOCC4)c4ccc(Cl)cc4)CC3)c21. The van der Waals surface area contributed by atoms with E-state index in [1.165, 1.54) is 6.33 Å². The molecule has 1 aromatic carbocycles. The molecule has 1 N–H and O–H groups in total. The Morgan fingerprint density at radius 2 is 1.89 bits per heavy atom. The van der Waals surface area contributed by atoms with E-state index in [1.807, 2.05) is 36.1 Å². The fourth-order valence-electron chi connectivity index (χ4n) is 5.50. The topological polar surface area (TPSA) is 70.6 Å². The normalized spacial score (nSPS) is 23.9. The standard InChI is InChI=1S/C26H33ClFN5O2/c1-17-14-22(28)24-23(17)25(31-16-30-24)32-8-10-33(11-9-32)26(34)21(18-2-4-19(27)5-3-18)15-29-20-6-12-35-13-7-20/h2-5,16-17,20-22,29H,6-15H2,1H3/t17-,21?,22-/m1/s1. The van der Waals surface area contributed by atoms with Gasteiger partial charge in [0.15, 0.2) is 0 Å². The number of hydrogen-bond donors (Lipinski definition) is 1. The summed E-state index contributed by atoms with van der Waals surface area (Å²) in [6, 6.07) is 7.96. The minimum Gasteiger partial charge on any atom is -0.381 e. The number of alkyl halides is 1. The molecule has 5 rings (SSSR count). The lowest BCUT2D eigenvalue weighted by atomic mass is 9.96. The largest absolute Gasteiger partial charge is 0.381 e. The zero-order valence-electron chi connectivity index (χ0n) is 20.1. The Morgan fingerprint density at radius 3 is 2.60 bits per heavy atom. The van der Waals surface area contributed by atoms with Crippen LogP contribution in [0.1, 0.15) is 61.0 Å². The van der Waals surface area contributed by atoms with Gasteiger partial charge < -0.3 is 19.9 Å². The third kappa shape index (κ3) is 5.29. The maximum absolute atomic E-state index is 14.4. The van der Waals surface area contributed by atoms with Crippen LogP contribution in [-0.2, 0) is 9.53 Å². The summed E-state index contributed by atoms with van der Waals surface area (Å²) in [5.41, 5.74) is 2.43. The van der Waals surface area contributed by atoms with Crippen molar-refractivity contribution in [3.8, 4) is 0 Å². The summed E-state index contributed by atoms with van der Waals surface area (Å²) in [6.07, 6.45) is 2.83. The molecule has 188 valence electrons. The Hall–Kier alpha value is -2.29. The number of hydrogen-bond acceptors (Lipinski definition) is 6. The molecule has 7 nitrogen and oxygen atoms in total. The fourth-order valence-corrected chi connectivity index (χ4v) is 5.63. The molecule has 0 spiro atoms. The molecule has 1 aromatic heterocycles. The molecule has 2 saturated heterocycles. The Labute approximate surface area is 211 Å². The molecule has 9 heteroatoms. The molecule has 1 aliphatic carbocycles. The van der Waals surface area contributed by atoms with Gasteiger partial charge >= 0.3 is 0 Å². The molecule has 0 saturated carbocycles. The van der Waals surface area contributed by atoms with Gasteiger partial charge in [-0.1, -0.05) is 30.7 Å².